The quantitative estimate of drug-likeness (QED) is 0.846. The summed E-state index contributed by atoms with van der Waals surface area (Å²) in [5.74, 6) is 0.915. The van der Waals surface area contributed by atoms with Crippen molar-refractivity contribution in [2.45, 2.75) is 25.9 Å². The Balaban J connectivity index is 2.39. The van der Waals surface area contributed by atoms with Gasteiger partial charge in [0.15, 0.2) is 0 Å². The van der Waals surface area contributed by atoms with Crippen molar-refractivity contribution in [3.05, 3.63) is 22.6 Å². The maximum atomic E-state index is 8.97. The SMILES string of the molecule is CC(O)CCc1cc(Br)co1. The minimum atomic E-state index is -0.251. The maximum absolute atomic E-state index is 8.97. The molecule has 0 aliphatic heterocycles. The van der Waals surface area contributed by atoms with Gasteiger partial charge in [-0.15, -0.1) is 0 Å². The zero-order valence-electron chi connectivity index (χ0n) is 6.38. The van der Waals surface area contributed by atoms with Crippen LogP contribution in [0.3, 0.4) is 0 Å². The third-order valence-electron chi connectivity index (χ3n) is 1.43. The summed E-state index contributed by atoms with van der Waals surface area (Å²) in [6.07, 6.45) is 2.94. The number of aliphatic hydroxyl groups is 1. The van der Waals surface area contributed by atoms with E-state index in [1.165, 1.54) is 0 Å². The van der Waals surface area contributed by atoms with Gasteiger partial charge in [0.1, 0.15) is 12.0 Å². The number of hydrogen-bond acceptors (Lipinski definition) is 2. The first-order valence-electron chi connectivity index (χ1n) is 3.59. The van der Waals surface area contributed by atoms with Crippen LogP contribution in [0.5, 0.6) is 0 Å². The Labute approximate surface area is 74.3 Å². The van der Waals surface area contributed by atoms with E-state index >= 15 is 0 Å². The fraction of sp³-hybridized carbons (Fsp3) is 0.500. The number of aryl methyl sites for hydroxylation is 1. The second-order valence-electron chi connectivity index (χ2n) is 2.62. The lowest BCUT2D eigenvalue weighted by atomic mass is 10.2. The Hall–Kier alpha value is -0.280. The van der Waals surface area contributed by atoms with Gasteiger partial charge in [-0.05, 0) is 35.3 Å². The predicted octanol–water partition coefficient (Wildman–Crippen LogP) is 2.36. The van der Waals surface area contributed by atoms with E-state index in [9.17, 15) is 0 Å². The third kappa shape index (κ3) is 3.08. The second-order valence-corrected chi connectivity index (χ2v) is 3.53. The van der Waals surface area contributed by atoms with Gasteiger partial charge in [-0.25, -0.2) is 0 Å². The number of furan rings is 1. The minimum absolute atomic E-state index is 0.251. The summed E-state index contributed by atoms with van der Waals surface area (Å²) in [7, 11) is 0. The van der Waals surface area contributed by atoms with Gasteiger partial charge in [-0.2, -0.15) is 0 Å². The van der Waals surface area contributed by atoms with Crippen LogP contribution in [0.15, 0.2) is 21.2 Å². The van der Waals surface area contributed by atoms with Crippen LogP contribution in [0.2, 0.25) is 0 Å². The van der Waals surface area contributed by atoms with E-state index < -0.39 is 0 Å². The van der Waals surface area contributed by atoms with Crippen molar-refractivity contribution in [1.82, 2.24) is 0 Å². The molecule has 0 spiro atoms. The van der Waals surface area contributed by atoms with E-state index in [1.54, 1.807) is 13.2 Å². The molecule has 2 nitrogen and oxygen atoms in total. The average molecular weight is 219 g/mol. The molecular formula is C8H11BrO2. The Bertz CT molecular complexity index is 218. The first-order valence-corrected chi connectivity index (χ1v) is 4.39. The lowest BCUT2D eigenvalue weighted by Gasteiger charge is -1.99. The summed E-state index contributed by atoms with van der Waals surface area (Å²) in [6, 6.07) is 1.92. The number of aliphatic hydroxyl groups excluding tert-OH is 1. The molecule has 0 aliphatic rings. The van der Waals surface area contributed by atoms with E-state index in [4.69, 9.17) is 9.52 Å². The number of rotatable bonds is 3. The van der Waals surface area contributed by atoms with E-state index in [0.717, 1.165) is 23.1 Å². The van der Waals surface area contributed by atoms with Crippen molar-refractivity contribution in [2.75, 3.05) is 0 Å². The highest BCUT2D eigenvalue weighted by Gasteiger charge is 2.01. The standard InChI is InChI=1S/C8H11BrO2/c1-6(10)2-3-8-4-7(9)5-11-8/h4-6,10H,2-3H2,1H3. The average Bonchev–Trinajstić information content (AvgIpc) is 2.31. The summed E-state index contributed by atoms with van der Waals surface area (Å²) in [4.78, 5) is 0. The van der Waals surface area contributed by atoms with Gasteiger partial charge in [0.25, 0.3) is 0 Å². The number of hydrogen-bond donors (Lipinski definition) is 1. The Morgan fingerprint density at radius 2 is 2.45 bits per heavy atom. The Morgan fingerprint density at radius 3 is 2.91 bits per heavy atom. The molecule has 0 radical (unpaired) electrons. The van der Waals surface area contributed by atoms with Gasteiger partial charge >= 0.3 is 0 Å². The van der Waals surface area contributed by atoms with Gasteiger partial charge in [0, 0.05) is 6.42 Å². The lowest BCUT2D eigenvalue weighted by Crippen LogP contribution is -2.00. The van der Waals surface area contributed by atoms with Gasteiger partial charge < -0.3 is 9.52 Å². The van der Waals surface area contributed by atoms with Crippen molar-refractivity contribution in [2.24, 2.45) is 0 Å². The van der Waals surface area contributed by atoms with E-state index in [1.807, 2.05) is 6.07 Å². The lowest BCUT2D eigenvalue weighted by molar-refractivity contribution is 0.182. The molecule has 3 heteroatoms. The maximum Gasteiger partial charge on any atom is 0.105 e. The van der Waals surface area contributed by atoms with Crippen molar-refractivity contribution in [3.8, 4) is 0 Å². The van der Waals surface area contributed by atoms with Gasteiger partial charge in [0.2, 0.25) is 0 Å². The molecule has 1 rings (SSSR count). The highest BCUT2D eigenvalue weighted by Crippen LogP contribution is 2.15. The van der Waals surface area contributed by atoms with E-state index in [2.05, 4.69) is 15.9 Å². The van der Waals surface area contributed by atoms with Crippen LogP contribution in [0.4, 0.5) is 0 Å². The minimum Gasteiger partial charge on any atom is -0.468 e. The molecule has 0 fully saturated rings. The van der Waals surface area contributed by atoms with Crippen LogP contribution in [0.25, 0.3) is 0 Å². The largest absolute Gasteiger partial charge is 0.468 e. The summed E-state index contributed by atoms with van der Waals surface area (Å²) in [6.45, 7) is 1.78. The first kappa shape index (κ1) is 8.81. The van der Waals surface area contributed by atoms with Crippen molar-refractivity contribution < 1.29 is 9.52 Å². The normalized spacial score (nSPS) is 13.4. The highest BCUT2D eigenvalue weighted by atomic mass is 79.9. The summed E-state index contributed by atoms with van der Waals surface area (Å²) < 4.78 is 6.11. The van der Waals surface area contributed by atoms with Crippen molar-refractivity contribution in [3.63, 3.8) is 0 Å². The highest BCUT2D eigenvalue weighted by molar-refractivity contribution is 9.10. The molecule has 1 aromatic rings. The van der Waals surface area contributed by atoms with Crippen molar-refractivity contribution >= 4 is 15.9 Å². The molecule has 11 heavy (non-hydrogen) atoms. The molecule has 1 heterocycles. The van der Waals surface area contributed by atoms with Crippen molar-refractivity contribution in [1.29, 1.82) is 0 Å². The molecule has 0 aliphatic carbocycles. The summed E-state index contributed by atoms with van der Waals surface area (Å²) >= 11 is 3.28. The zero-order valence-corrected chi connectivity index (χ0v) is 7.97. The first-order chi connectivity index (χ1) is 5.18. The zero-order chi connectivity index (χ0) is 8.27. The van der Waals surface area contributed by atoms with Gasteiger partial charge in [0.05, 0.1) is 10.6 Å². The van der Waals surface area contributed by atoms with Gasteiger partial charge in [-0.3, -0.25) is 0 Å². The molecule has 1 N–H and O–H groups in total. The third-order valence-corrected chi connectivity index (χ3v) is 1.85. The monoisotopic (exact) mass is 218 g/mol. The number of halogens is 1. The van der Waals surface area contributed by atoms with Crippen LogP contribution in [0.1, 0.15) is 19.1 Å². The van der Waals surface area contributed by atoms with Crippen LogP contribution in [-0.4, -0.2) is 11.2 Å². The fourth-order valence-corrected chi connectivity index (χ4v) is 1.18. The smallest absolute Gasteiger partial charge is 0.105 e. The molecule has 0 amide bonds. The Morgan fingerprint density at radius 1 is 1.73 bits per heavy atom. The Kier molecular flexibility index (Phi) is 3.15. The molecule has 0 saturated carbocycles. The van der Waals surface area contributed by atoms with Crippen LogP contribution in [0, 0.1) is 0 Å². The molecule has 1 aromatic heterocycles. The fourth-order valence-electron chi connectivity index (χ4n) is 0.836. The molecular weight excluding hydrogens is 208 g/mol. The molecule has 1 unspecified atom stereocenters. The van der Waals surface area contributed by atoms with E-state index in [0.29, 0.717) is 0 Å². The van der Waals surface area contributed by atoms with E-state index in [-0.39, 0.29) is 6.10 Å². The second kappa shape index (κ2) is 3.93. The van der Waals surface area contributed by atoms with Crippen LogP contribution < -0.4 is 0 Å². The predicted molar refractivity (Wildman–Crippen MR) is 46.4 cm³/mol. The molecule has 62 valence electrons. The summed E-state index contributed by atoms with van der Waals surface area (Å²) in [5.41, 5.74) is 0. The summed E-state index contributed by atoms with van der Waals surface area (Å²) in [5, 5.41) is 8.97. The molecule has 0 saturated heterocycles. The molecule has 0 aromatic carbocycles. The molecule has 1 atom stereocenters. The van der Waals surface area contributed by atoms with Crippen LogP contribution >= 0.6 is 15.9 Å². The topological polar surface area (TPSA) is 33.4 Å². The molecule has 0 bridgehead atoms. The van der Waals surface area contributed by atoms with Gasteiger partial charge in [-0.1, -0.05) is 0 Å². The van der Waals surface area contributed by atoms with Crippen LogP contribution in [-0.2, 0) is 6.42 Å².